The number of halogens is 3. The van der Waals surface area contributed by atoms with E-state index in [2.05, 4.69) is 15.3 Å². The maximum atomic E-state index is 14.9. The number of benzene rings is 3. The number of ketones is 1. The molecule has 0 aliphatic carbocycles. The van der Waals surface area contributed by atoms with Gasteiger partial charge in [-0.25, -0.2) is 4.39 Å². The summed E-state index contributed by atoms with van der Waals surface area (Å²) in [5.74, 6) is -4.47. The van der Waals surface area contributed by atoms with Gasteiger partial charge in [-0.1, -0.05) is 82.9 Å². The molecule has 3 aromatic rings. The van der Waals surface area contributed by atoms with E-state index in [1.54, 1.807) is 54.6 Å². The summed E-state index contributed by atoms with van der Waals surface area (Å²) in [4.78, 5) is 57.3. The third-order valence-electron chi connectivity index (χ3n) is 7.31. The van der Waals surface area contributed by atoms with Gasteiger partial charge in [-0.2, -0.15) is 0 Å². The zero-order valence-electron chi connectivity index (χ0n) is 22.8. The van der Waals surface area contributed by atoms with Crippen molar-refractivity contribution in [1.82, 2.24) is 4.90 Å². The van der Waals surface area contributed by atoms with Crippen molar-refractivity contribution >= 4 is 52.4 Å². The van der Waals surface area contributed by atoms with Gasteiger partial charge in [-0.15, -0.1) is 0 Å². The second kappa shape index (κ2) is 14.2. The quantitative estimate of drug-likeness (QED) is 0.0876. The van der Waals surface area contributed by atoms with Crippen molar-refractivity contribution in [3.8, 4) is 0 Å². The van der Waals surface area contributed by atoms with Gasteiger partial charge in [0.15, 0.2) is 11.6 Å². The van der Waals surface area contributed by atoms with Crippen LogP contribution in [0.5, 0.6) is 0 Å². The molecular formula is C30H27Cl2FN6O4. The van der Waals surface area contributed by atoms with E-state index in [4.69, 9.17) is 34.5 Å². The summed E-state index contributed by atoms with van der Waals surface area (Å²) in [6, 6.07) is 15.8. The number of nitrogens with two attached hydrogens (primary N) is 1. The molecule has 2 unspecified atom stereocenters. The molecule has 13 heteroatoms. The predicted octanol–water partition coefficient (Wildman–Crippen LogP) is 6.03. The Morgan fingerprint density at radius 1 is 1.05 bits per heavy atom. The number of primary amides is 1. The molecule has 222 valence electrons. The van der Waals surface area contributed by atoms with Gasteiger partial charge in [0, 0.05) is 36.3 Å². The van der Waals surface area contributed by atoms with Crippen LogP contribution < -0.4 is 11.1 Å². The summed E-state index contributed by atoms with van der Waals surface area (Å²) in [6.45, 7) is -0.146. The van der Waals surface area contributed by atoms with Crippen molar-refractivity contribution in [2.75, 3.05) is 11.9 Å². The average Bonchev–Trinajstić information content (AvgIpc) is 3.01. The molecule has 10 nitrogen and oxygen atoms in total. The van der Waals surface area contributed by atoms with Gasteiger partial charge in [0.05, 0.1) is 27.7 Å². The van der Waals surface area contributed by atoms with Crippen LogP contribution in [-0.4, -0.2) is 41.0 Å². The Morgan fingerprint density at radius 2 is 1.74 bits per heavy atom. The molecule has 0 spiro atoms. The van der Waals surface area contributed by atoms with E-state index < -0.39 is 41.5 Å². The van der Waals surface area contributed by atoms with E-state index >= 15 is 0 Å². The highest BCUT2D eigenvalue weighted by Crippen LogP contribution is 2.41. The van der Waals surface area contributed by atoms with Crippen molar-refractivity contribution in [2.24, 2.45) is 16.8 Å². The number of carbonyl (C=O) groups is 4. The molecule has 4 rings (SSSR count). The molecular weight excluding hydrogens is 598 g/mol. The van der Waals surface area contributed by atoms with Gasteiger partial charge in [-0.3, -0.25) is 19.2 Å². The Kier molecular flexibility index (Phi) is 10.4. The number of rotatable bonds is 11. The van der Waals surface area contributed by atoms with Crippen molar-refractivity contribution in [2.45, 2.75) is 37.8 Å². The number of nitrogens with zero attached hydrogens (tertiary/aromatic N) is 4. The number of anilines is 1. The first-order chi connectivity index (χ1) is 20.6. The number of azide groups is 1. The number of carbonyl (C=O) groups excluding carboxylic acids is 4. The minimum atomic E-state index is -1.14. The Labute approximate surface area is 256 Å². The molecule has 1 heterocycles. The largest absolute Gasteiger partial charge is 0.368 e. The second-order valence-corrected chi connectivity index (χ2v) is 10.7. The molecule has 1 aliphatic rings. The summed E-state index contributed by atoms with van der Waals surface area (Å²) in [5, 5.41) is 5.63. The molecule has 3 aromatic carbocycles. The Hall–Kier alpha value is -4.44. The minimum Gasteiger partial charge on any atom is -0.368 e. The first kappa shape index (κ1) is 31.5. The maximum absolute atomic E-state index is 14.9. The number of hydrogen-bond donors (Lipinski definition) is 2. The van der Waals surface area contributed by atoms with Crippen LogP contribution in [0.1, 0.15) is 46.8 Å². The summed E-state index contributed by atoms with van der Waals surface area (Å²) in [7, 11) is 0. The summed E-state index contributed by atoms with van der Waals surface area (Å²) >= 11 is 11.8. The van der Waals surface area contributed by atoms with Crippen molar-refractivity contribution in [1.29, 1.82) is 0 Å². The average molecular weight is 625 g/mol. The summed E-state index contributed by atoms with van der Waals surface area (Å²) in [5.41, 5.74) is 16.1. The third kappa shape index (κ3) is 7.14. The monoisotopic (exact) mass is 624 g/mol. The van der Waals surface area contributed by atoms with Crippen molar-refractivity contribution in [3.05, 3.63) is 110 Å². The van der Waals surface area contributed by atoms with E-state index in [-0.39, 0.29) is 53.7 Å². The van der Waals surface area contributed by atoms with Crippen molar-refractivity contribution < 1.29 is 23.6 Å². The fourth-order valence-corrected chi connectivity index (χ4v) is 5.59. The van der Waals surface area contributed by atoms with Gasteiger partial charge in [0.25, 0.3) is 0 Å². The van der Waals surface area contributed by atoms with Gasteiger partial charge in [0.1, 0.15) is 6.04 Å². The number of nitrogens with one attached hydrogen (secondary N) is 1. The number of hydrogen-bond acceptors (Lipinski definition) is 5. The fraction of sp³-hybridized carbons (Fsp3) is 0.267. The highest BCUT2D eigenvalue weighted by Gasteiger charge is 2.45. The van der Waals surface area contributed by atoms with Crippen LogP contribution in [0.15, 0.2) is 71.8 Å². The first-order valence-electron chi connectivity index (χ1n) is 13.4. The lowest BCUT2D eigenvalue weighted by atomic mass is 9.79. The lowest BCUT2D eigenvalue weighted by molar-refractivity contribution is -0.146. The van der Waals surface area contributed by atoms with Crippen LogP contribution in [-0.2, 0) is 20.8 Å². The topological polar surface area (TPSA) is 158 Å². The van der Waals surface area contributed by atoms with Crippen LogP contribution in [0, 0.1) is 11.7 Å². The molecule has 0 fully saturated rings. The zero-order chi connectivity index (χ0) is 31.1. The van der Waals surface area contributed by atoms with Crippen LogP contribution in [0.25, 0.3) is 10.4 Å². The molecule has 0 aromatic heterocycles. The molecule has 0 saturated heterocycles. The van der Waals surface area contributed by atoms with E-state index in [0.717, 1.165) is 0 Å². The first-order valence-corrected chi connectivity index (χ1v) is 14.1. The predicted molar refractivity (Wildman–Crippen MR) is 160 cm³/mol. The third-order valence-corrected chi connectivity index (χ3v) is 8.10. The van der Waals surface area contributed by atoms with E-state index in [1.807, 2.05) is 0 Å². The normalized spacial score (nSPS) is 16.4. The fourth-order valence-electron chi connectivity index (χ4n) is 5.28. The highest BCUT2D eigenvalue weighted by molar-refractivity contribution is 6.42. The van der Waals surface area contributed by atoms with E-state index in [1.165, 1.54) is 17.0 Å². The van der Waals surface area contributed by atoms with E-state index in [9.17, 15) is 23.6 Å². The highest BCUT2D eigenvalue weighted by atomic mass is 35.5. The Bertz CT molecular complexity index is 1600. The van der Waals surface area contributed by atoms with Crippen LogP contribution >= 0.6 is 23.2 Å². The van der Waals surface area contributed by atoms with E-state index in [0.29, 0.717) is 16.7 Å². The standard InChI is InChI=1S/C30H27Cl2FN6O4/c31-21-10-11-22(27(33)26(21)32)37-30(43)20(14-15-36-38-35)28-19-9-5-4-8-18(19)16-23(29(34)42)39(28)25(41)13-12-24(40)17-6-2-1-3-7-17/h1-11,20,23,28H,12-16H2,(H2,34,42)(H,37,43)/t20-,23?,28?/m0/s1. The summed E-state index contributed by atoms with van der Waals surface area (Å²) in [6.07, 6.45) is -0.395. The van der Waals surface area contributed by atoms with Gasteiger partial charge in [0.2, 0.25) is 17.7 Å². The Balaban J connectivity index is 1.75. The molecule has 3 atom stereocenters. The Morgan fingerprint density at radius 3 is 2.44 bits per heavy atom. The smallest absolute Gasteiger partial charge is 0.240 e. The minimum absolute atomic E-state index is 0.0515. The number of amides is 3. The molecule has 3 amide bonds. The maximum Gasteiger partial charge on any atom is 0.240 e. The number of Topliss-reactive ketones (excluding diaryl/α,β-unsaturated/α-hetero) is 1. The molecule has 0 bridgehead atoms. The van der Waals surface area contributed by atoms with Gasteiger partial charge in [-0.05, 0) is 35.2 Å². The van der Waals surface area contributed by atoms with Crippen LogP contribution in [0.4, 0.5) is 10.1 Å². The SMILES string of the molecule is [N-]=[N+]=NCC[C@H](C(=O)Nc1ccc(Cl)c(Cl)c1F)C1c2ccccc2CC(C(N)=O)N1C(=O)CCC(=O)c1ccccc1. The molecule has 43 heavy (non-hydrogen) atoms. The lowest BCUT2D eigenvalue weighted by Crippen LogP contribution is -2.56. The van der Waals surface area contributed by atoms with Gasteiger partial charge < -0.3 is 16.0 Å². The molecule has 0 radical (unpaired) electrons. The van der Waals surface area contributed by atoms with Crippen molar-refractivity contribution in [3.63, 3.8) is 0 Å². The molecule has 1 aliphatic heterocycles. The summed E-state index contributed by atoms with van der Waals surface area (Å²) < 4.78 is 14.9. The molecule has 3 N–H and O–H groups in total. The lowest BCUT2D eigenvalue weighted by Gasteiger charge is -2.45. The zero-order valence-corrected chi connectivity index (χ0v) is 24.3. The second-order valence-electron chi connectivity index (χ2n) is 9.92. The number of fused-ring (bicyclic) bond motifs is 1. The van der Waals surface area contributed by atoms with Gasteiger partial charge >= 0.3 is 0 Å². The van der Waals surface area contributed by atoms with Crippen LogP contribution in [0.2, 0.25) is 10.0 Å². The molecule has 0 saturated carbocycles. The van der Waals surface area contributed by atoms with Crippen LogP contribution in [0.3, 0.4) is 0 Å².